The van der Waals surface area contributed by atoms with Gasteiger partial charge in [-0.3, -0.25) is 14.8 Å². The van der Waals surface area contributed by atoms with Crippen LogP contribution in [0.25, 0.3) is 0 Å². The number of nitrogens with one attached hydrogen (secondary N) is 1. The lowest BCUT2D eigenvalue weighted by atomic mass is 10.3. The van der Waals surface area contributed by atoms with Gasteiger partial charge in [-0.25, -0.2) is 13.1 Å². The van der Waals surface area contributed by atoms with Crippen molar-refractivity contribution in [2.24, 2.45) is 7.05 Å². The number of nitro groups is 1. The zero-order chi connectivity index (χ0) is 19.6. The molecular weight excluding hydrogens is 396 g/mol. The topological polar surface area (TPSA) is 153 Å². The van der Waals surface area contributed by atoms with E-state index in [1.54, 1.807) is 7.05 Å². The van der Waals surface area contributed by atoms with Crippen LogP contribution in [0, 0.1) is 10.1 Å². The number of phenols is 1. The summed E-state index contributed by atoms with van der Waals surface area (Å²) in [6.45, 7) is 0. The molecule has 13 heteroatoms. The van der Waals surface area contributed by atoms with Crippen LogP contribution in [0.3, 0.4) is 0 Å². The first-order valence-electron chi connectivity index (χ1n) is 7.27. The van der Waals surface area contributed by atoms with Gasteiger partial charge in [0.05, 0.1) is 20.4 Å². The van der Waals surface area contributed by atoms with Crippen LogP contribution in [0.2, 0.25) is 0 Å². The molecule has 0 atom stereocenters. The van der Waals surface area contributed by atoms with E-state index in [1.807, 2.05) is 0 Å². The Morgan fingerprint density at radius 3 is 2.52 bits per heavy atom. The van der Waals surface area contributed by atoms with E-state index in [1.165, 1.54) is 22.9 Å². The number of nitro benzene ring substituents is 1. The number of rotatable bonds is 6. The number of hydrogen-bond donors (Lipinski definition) is 2. The highest BCUT2D eigenvalue weighted by molar-refractivity contribution is 7.99. The zero-order valence-corrected chi connectivity index (χ0v) is 15.3. The molecule has 0 aliphatic heterocycles. The number of sulfonamides is 1. The average Bonchev–Trinajstić information content (AvgIpc) is 3.02. The van der Waals surface area contributed by atoms with Crippen LogP contribution in [-0.4, -0.2) is 38.7 Å². The summed E-state index contributed by atoms with van der Waals surface area (Å²) in [4.78, 5) is 10.3. The number of nitrogens with zero attached hydrogens (tertiary/aromatic N) is 5. The molecule has 0 radical (unpaired) electrons. The third-order valence-corrected chi connectivity index (χ3v) is 5.82. The Hall–Kier alpha value is -3.19. The van der Waals surface area contributed by atoms with Crippen molar-refractivity contribution in [2.75, 3.05) is 4.72 Å². The van der Waals surface area contributed by atoms with Gasteiger partial charge < -0.3 is 5.11 Å². The molecule has 0 saturated heterocycles. The summed E-state index contributed by atoms with van der Waals surface area (Å²) in [6, 6.07) is 8.64. The minimum Gasteiger partial charge on any atom is -0.507 e. The number of hydrogen-bond acceptors (Lipinski definition) is 9. The molecule has 3 aromatic rings. The van der Waals surface area contributed by atoms with Crippen molar-refractivity contribution in [1.82, 2.24) is 20.2 Å². The first-order valence-corrected chi connectivity index (χ1v) is 9.57. The van der Waals surface area contributed by atoms with E-state index in [0.29, 0.717) is 10.1 Å². The van der Waals surface area contributed by atoms with Gasteiger partial charge in [0.15, 0.2) is 0 Å². The van der Waals surface area contributed by atoms with Gasteiger partial charge in [-0.1, -0.05) is 0 Å². The summed E-state index contributed by atoms with van der Waals surface area (Å²) in [6.07, 6.45) is 0. The van der Waals surface area contributed by atoms with Gasteiger partial charge >= 0.3 is 0 Å². The van der Waals surface area contributed by atoms with Gasteiger partial charge in [0.1, 0.15) is 5.75 Å². The number of aromatic nitrogens is 4. The quantitative estimate of drug-likeness (QED) is 0.353. The van der Waals surface area contributed by atoms with Crippen molar-refractivity contribution in [3.05, 3.63) is 52.6 Å². The van der Waals surface area contributed by atoms with Crippen molar-refractivity contribution in [3.63, 3.8) is 0 Å². The molecule has 140 valence electrons. The molecule has 27 heavy (non-hydrogen) atoms. The van der Waals surface area contributed by atoms with Crippen LogP contribution >= 0.6 is 11.8 Å². The van der Waals surface area contributed by atoms with E-state index in [4.69, 9.17) is 0 Å². The predicted molar refractivity (Wildman–Crippen MR) is 94.9 cm³/mol. The summed E-state index contributed by atoms with van der Waals surface area (Å²) >= 11 is 1.06. The summed E-state index contributed by atoms with van der Waals surface area (Å²) in [5.74, 6) is -0.0683. The standard InChI is InChI=1S/C14H12N6O5S2/c1-19-14(15-17-18-19)26-13-8-9(2-7-12(13)21)16-27(24,25)11-5-3-10(4-6-11)20(22)23/h2-8,16,21H,1H3. The summed E-state index contributed by atoms with van der Waals surface area (Å²) in [7, 11) is -2.34. The van der Waals surface area contributed by atoms with E-state index in [0.717, 1.165) is 36.0 Å². The second kappa shape index (κ2) is 7.20. The Kier molecular flexibility index (Phi) is 4.96. The highest BCUT2D eigenvalue weighted by Crippen LogP contribution is 2.35. The van der Waals surface area contributed by atoms with Crippen LogP contribution in [-0.2, 0) is 17.1 Å². The lowest BCUT2D eigenvalue weighted by molar-refractivity contribution is -0.384. The van der Waals surface area contributed by atoms with E-state index in [-0.39, 0.29) is 22.0 Å². The van der Waals surface area contributed by atoms with Gasteiger partial charge in [-0.2, -0.15) is 0 Å². The van der Waals surface area contributed by atoms with E-state index in [9.17, 15) is 23.6 Å². The predicted octanol–water partition coefficient (Wildman–Crippen LogP) is 1.78. The summed E-state index contributed by atoms with van der Waals surface area (Å²) in [5.41, 5.74) is -0.0154. The monoisotopic (exact) mass is 408 g/mol. The maximum Gasteiger partial charge on any atom is 0.269 e. The molecule has 0 amide bonds. The van der Waals surface area contributed by atoms with Crippen molar-refractivity contribution < 1.29 is 18.4 Å². The van der Waals surface area contributed by atoms with Gasteiger partial charge in [-0.05, 0) is 52.5 Å². The number of aryl methyl sites for hydroxylation is 1. The number of non-ortho nitro benzene ring substituents is 1. The third kappa shape index (κ3) is 4.15. The second-order valence-electron chi connectivity index (χ2n) is 5.23. The Labute approximate surface area is 157 Å². The molecule has 0 fully saturated rings. The van der Waals surface area contributed by atoms with E-state index in [2.05, 4.69) is 20.2 Å². The van der Waals surface area contributed by atoms with Gasteiger partial charge in [0.25, 0.3) is 15.7 Å². The van der Waals surface area contributed by atoms with Crippen molar-refractivity contribution in [3.8, 4) is 5.75 Å². The van der Waals surface area contributed by atoms with Crippen molar-refractivity contribution >= 4 is 33.2 Å². The lowest BCUT2D eigenvalue weighted by Gasteiger charge is -2.10. The lowest BCUT2D eigenvalue weighted by Crippen LogP contribution is -2.13. The zero-order valence-electron chi connectivity index (χ0n) is 13.7. The SMILES string of the molecule is Cn1nnnc1Sc1cc(NS(=O)(=O)c2ccc([N+](=O)[O-])cc2)ccc1O. The third-order valence-electron chi connectivity index (χ3n) is 3.35. The number of aromatic hydroxyl groups is 1. The maximum atomic E-state index is 12.5. The fourth-order valence-corrected chi connectivity index (χ4v) is 3.88. The molecule has 2 aromatic carbocycles. The molecule has 0 bridgehead atoms. The molecule has 0 spiro atoms. The number of phenolic OH excluding ortho intramolecular Hbond substituents is 1. The molecule has 2 N–H and O–H groups in total. The fraction of sp³-hybridized carbons (Fsp3) is 0.0714. The Morgan fingerprint density at radius 2 is 1.93 bits per heavy atom. The second-order valence-corrected chi connectivity index (χ2v) is 7.92. The number of benzene rings is 2. The molecule has 0 aliphatic rings. The maximum absolute atomic E-state index is 12.5. The van der Waals surface area contributed by atoms with Gasteiger partial charge in [-0.15, -0.1) is 5.10 Å². The molecule has 0 saturated carbocycles. The molecule has 0 unspecified atom stereocenters. The van der Waals surface area contributed by atoms with Crippen LogP contribution < -0.4 is 4.72 Å². The first kappa shape index (κ1) is 18.6. The Balaban J connectivity index is 1.85. The minimum atomic E-state index is -3.96. The summed E-state index contributed by atoms with van der Waals surface area (Å²) in [5, 5.41) is 32.0. The van der Waals surface area contributed by atoms with Crippen LogP contribution in [0.1, 0.15) is 0 Å². The highest BCUT2D eigenvalue weighted by atomic mass is 32.2. The van der Waals surface area contributed by atoms with Gasteiger partial charge in [0.2, 0.25) is 5.16 Å². The van der Waals surface area contributed by atoms with E-state index >= 15 is 0 Å². The highest BCUT2D eigenvalue weighted by Gasteiger charge is 2.17. The molecule has 0 aliphatic carbocycles. The molecule has 3 rings (SSSR count). The minimum absolute atomic E-state index is 0.0683. The van der Waals surface area contributed by atoms with E-state index < -0.39 is 14.9 Å². The van der Waals surface area contributed by atoms with Crippen molar-refractivity contribution in [2.45, 2.75) is 14.9 Å². The molecule has 11 nitrogen and oxygen atoms in total. The first-order chi connectivity index (χ1) is 12.8. The van der Waals surface area contributed by atoms with Crippen LogP contribution in [0.4, 0.5) is 11.4 Å². The molecule has 1 aromatic heterocycles. The number of anilines is 1. The number of tetrazole rings is 1. The smallest absolute Gasteiger partial charge is 0.269 e. The van der Waals surface area contributed by atoms with Crippen LogP contribution in [0.15, 0.2) is 57.4 Å². The molecule has 1 heterocycles. The Morgan fingerprint density at radius 1 is 1.22 bits per heavy atom. The van der Waals surface area contributed by atoms with Crippen molar-refractivity contribution in [1.29, 1.82) is 0 Å². The average molecular weight is 408 g/mol. The molecular formula is C14H12N6O5S2. The largest absolute Gasteiger partial charge is 0.507 e. The fourth-order valence-electron chi connectivity index (χ4n) is 2.03. The van der Waals surface area contributed by atoms with Crippen LogP contribution in [0.5, 0.6) is 5.75 Å². The van der Waals surface area contributed by atoms with Gasteiger partial charge in [0, 0.05) is 19.2 Å². The Bertz CT molecular complexity index is 1100. The summed E-state index contributed by atoms with van der Waals surface area (Å²) < 4.78 is 28.7. The normalized spacial score (nSPS) is 11.3.